The molecule has 0 heterocycles. The molecule has 0 saturated carbocycles. The summed E-state index contributed by atoms with van der Waals surface area (Å²) in [6, 6.07) is 6.24. The summed E-state index contributed by atoms with van der Waals surface area (Å²) in [4.78, 5) is 11.3. The minimum absolute atomic E-state index is 0.151. The van der Waals surface area contributed by atoms with Crippen LogP contribution in [0.2, 0.25) is 0 Å². The summed E-state index contributed by atoms with van der Waals surface area (Å²) in [5.41, 5.74) is 5.88. The van der Waals surface area contributed by atoms with Gasteiger partial charge in [-0.1, -0.05) is 12.1 Å². The molecule has 0 spiro atoms. The number of amides is 1. The summed E-state index contributed by atoms with van der Waals surface area (Å²) >= 11 is 0. The Kier molecular flexibility index (Phi) is 2.76. The van der Waals surface area contributed by atoms with Gasteiger partial charge >= 0.3 is 0 Å². The third-order valence-electron chi connectivity index (χ3n) is 1.48. The first-order chi connectivity index (χ1) is 6.40. The number of hydrogen-bond acceptors (Lipinski definition) is 4. The molecular weight excluding hydrogens is 204 g/mol. The summed E-state index contributed by atoms with van der Waals surface area (Å²) in [5.74, 6) is -0.717. The van der Waals surface area contributed by atoms with Crippen LogP contribution >= 0.6 is 0 Å². The lowest BCUT2D eigenvalue weighted by Gasteiger charge is -2.04. The largest absolute Gasteiger partial charge is 0.398 e. The molecule has 0 atom stereocenters. The summed E-state index contributed by atoms with van der Waals surface area (Å²) in [6.45, 7) is 0. The van der Waals surface area contributed by atoms with E-state index in [4.69, 9.17) is 5.73 Å². The Morgan fingerprint density at radius 1 is 1.36 bits per heavy atom. The molecule has 5 nitrogen and oxygen atoms in total. The average Bonchev–Trinajstić information content (AvgIpc) is 2.01. The van der Waals surface area contributed by atoms with E-state index in [0.717, 1.165) is 6.26 Å². The van der Waals surface area contributed by atoms with Crippen molar-refractivity contribution >= 4 is 21.6 Å². The zero-order chi connectivity index (χ0) is 10.8. The zero-order valence-corrected chi connectivity index (χ0v) is 8.34. The van der Waals surface area contributed by atoms with Crippen LogP contribution in [-0.2, 0) is 10.0 Å². The van der Waals surface area contributed by atoms with Gasteiger partial charge in [-0.15, -0.1) is 0 Å². The average molecular weight is 214 g/mol. The van der Waals surface area contributed by atoms with Crippen molar-refractivity contribution in [2.75, 3.05) is 12.0 Å². The fourth-order valence-electron chi connectivity index (χ4n) is 0.927. The maximum atomic E-state index is 11.3. The van der Waals surface area contributed by atoms with E-state index in [1.807, 2.05) is 4.72 Å². The molecule has 6 heteroatoms. The molecule has 0 aliphatic carbocycles. The van der Waals surface area contributed by atoms with Crippen molar-refractivity contribution in [2.24, 2.45) is 0 Å². The quantitative estimate of drug-likeness (QED) is 0.676. The van der Waals surface area contributed by atoms with Gasteiger partial charge in [-0.3, -0.25) is 4.79 Å². The monoisotopic (exact) mass is 214 g/mol. The van der Waals surface area contributed by atoms with E-state index in [-0.39, 0.29) is 11.3 Å². The molecule has 0 aromatic heterocycles. The van der Waals surface area contributed by atoms with E-state index in [0.29, 0.717) is 0 Å². The normalized spacial score (nSPS) is 10.9. The summed E-state index contributed by atoms with van der Waals surface area (Å²) in [6.07, 6.45) is 0.907. The minimum Gasteiger partial charge on any atom is -0.398 e. The van der Waals surface area contributed by atoms with Crippen LogP contribution < -0.4 is 10.5 Å². The number of carbonyl (C=O) groups is 1. The van der Waals surface area contributed by atoms with Gasteiger partial charge < -0.3 is 5.73 Å². The number of benzene rings is 1. The van der Waals surface area contributed by atoms with Gasteiger partial charge in [0.05, 0.1) is 11.8 Å². The Morgan fingerprint density at radius 3 is 2.43 bits per heavy atom. The van der Waals surface area contributed by atoms with Crippen molar-refractivity contribution in [3.8, 4) is 0 Å². The molecule has 1 rings (SSSR count). The highest BCUT2D eigenvalue weighted by molar-refractivity contribution is 7.89. The Morgan fingerprint density at radius 2 is 1.93 bits per heavy atom. The van der Waals surface area contributed by atoms with E-state index in [1.165, 1.54) is 12.1 Å². The van der Waals surface area contributed by atoms with Crippen molar-refractivity contribution in [2.45, 2.75) is 0 Å². The summed E-state index contributed by atoms with van der Waals surface area (Å²) < 4.78 is 23.3. The zero-order valence-electron chi connectivity index (χ0n) is 7.52. The number of para-hydroxylation sites is 1. The molecule has 0 saturated heterocycles. The van der Waals surface area contributed by atoms with Gasteiger partial charge in [0.15, 0.2) is 0 Å². The van der Waals surface area contributed by atoms with Gasteiger partial charge in [-0.2, -0.15) is 0 Å². The van der Waals surface area contributed by atoms with Gasteiger partial charge in [0.2, 0.25) is 10.0 Å². The lowest BCUT2D eigenvalue weighted by atomic mass is 10.2. The smallest absolute Gasteiger partial charge is 0.266 e. The fraction of sp³-hybridized carbons (Fsp3) is 0.125. The molecule has 0 fully saturated rings. The molecule has 1 aromatic carbocycles. The first kappa shape index (κ1) is 10.5. The molecule has 0 bridgehead atoms. The fourth-order valence-corrected chi connectivity index (χ4v) is 1.37. The number of sulfonamides is 1. The number of anilines is 1. The predicted molar refractivity (Wildman–Crippen MR) is 53.2 cm³/mol. The van der Waals surface area contributed by atoms with Gasteiger partial charge in [0, 0.05) is 5.69 Å². The maximum Gasteiger partial charge on any atom is 0.266 e. The summed E-state index contributed by atoms with van der Waals surface area (Å²) in [5, 5.41) is 0. The van der Waals surface area contributed by atoms with Crippen LogP contribution in [0.1, 0.15) is 10.4 Å². The van der Waals surface area contributed by atoms with Crippen LogP contribution in [0.5, 0.6) is 0 Å². The number of nitrogen functional groups attached to an aromatic ring is 1. The number of nitrogens with two attached hydrogens (primary N) is 1. The molecule has 1 aromatic rings. The molecule has 76 valence electrons. The Hall–Kier alpha value is -1.56. The van der Waals surface area contributed by atoms with Gasteiger partial charge in [0.1, 0.15) is 0 Å². The molecule has 0 radical (unpaired) electrons. The van der Waals surface area contributed by atoms with Crippen LogP contribution in [0.25, 0.3) is 0 Å². The molecule has 0 aliphatic rings. The van der Waals surface area contributed by atoms with Gasteiger partial charge in [-0.05, 0) is 12.1 Å². The standard InChI is InChI=1S/C8H10N2O3S/c1-14(12,13)10-8(11)6-4-2-3-5-7(6)9/h2-5H,9H2,1H3,(H,10,11). The number of nitrogens with one attached hydrogen (secondary N) is 1. The minimum atomic E-state index is -3.54. The van der Waals surface area contributed by atoms with E-state index >= 15 is 0 Å². The molecule has 1 amide bonds. The Balaban J connectivity index is 2.97. The lowest BCUT2D eigenvalue weighted by molar-refractivity contribution is 0.0982. The van der Waals surface area contributed by atoms with Crippen molar-refractivity contribution in [1.29, 1.82) is 0 Å². The second kappa shape index (κ2) is 3.67. The first-order valence-electron chi connectivity index (χ1n) is 3.77. The molecular formula is C8H10N2O3S. The second-order valence-electron chi connectivity index (χ2n) is 2.79. The summed E-state index contributed by atoms with van der Waals surface area (Å²) in [7, 11) is -3.54. The van der Waals surface area contributed by atoms with Crippen LogP contribution in [0, 0.1) is 0 Å². The lowest BCUT2D eigenvalue weighted by Crippen LogP contribution is -2.29. The SMILES string of the molecule is CS(=O)(=O)NC(=O)c1ccccc1N. The van der Waals surface area contributed by atoms with E-state index < -0.39 is 15.9 Å². The predicted octanol–water partition coefficient (Wildman–Crippen LogP) is -0.0418. The third-order valence-corrected chi connectivity index (χ3v) is 2.04. The van der Waals surface area contributed by atoms with Crippen molar-refractivity contribution in [3.05, 3.63) is 29.8 Å². The van der Waals surface area contributed by atoms with Crippen LogP contribution in [0.4, 0.5) is 5.69 Å². The highest BCUT2D eigenvalue weighted by Gasteiger charge is 2.12. The van der Waals surface area contributed by atoms with Crippen molar-refractivity contribution < 1.29 is 13.2 Å². The number of hydrogen-bond donors (Lipinski definition) is 2. The van der Waals surface area contributed by atoms with Gasteiger partial charge in [-0.25, -0.2) is 13.1 Å². The molecule has 3 N–H and O–H groups in total. The van der Waals surface area contributed by atoms with Crippen LogP contribution in [0.3, 0.4) is 0 Å². The molecule has 0 aliphatic heterocycles. The molecule has 0 unspecified atom stereocenters. The highest BCUT2D eigenvalue weighted by atomic mass is 32.2. The van der Waals surface area contributed by atoms with Crippen molar-refractivity contribution in [3.63, 3.8) is 0 Å². The van der Waals surface area contributed by atoms with Crippen LogP contribution in [0.15, 0.2) is 24.3 Å². The van der Waals surface area contributed by atoms with E-state index in [1.54, 1.807) is 12.1 Å². The van der Waals surface area contributed by atoms with Crippen LogP contribution in [-0.4, -0.2) is 20.6 Å². The van der Waals surface area contributed by atoms with Crippen molar-refractivity contribution in [1.82, 2.24) is 4.72 Å². The highest BCUT2D eigenvalue weighted by Crippen LogP contribution is 2.09. The number of carbonyl (C=O) groups excluding carboxylic acids is 1. The first-order valence-corrected chi connectivity index (χ1v) is 5.66. The second-order valence-corrected chi connectivity index (χ2v) is 4.54. The third kappa shape index (κ3) is 2.74. The topological polar surface area (TPSA) is 89.3 Å². The Labute approximate surface area is 82.0 Å². The maximum absolute atomic E-state index is 11.3. The van der Waals surface area contributed by atoms with Gasteiger partial charge in [0.25, 0.3) is 5.91 Å². The number of rotatable bonds is 2. The van der Waals surface area contributed by atoms with E-state index in [9.17, 15) is 13.2 Å². The Bertz CT molecular complexity index is 453. The van der Waals surface area contributed by atoms with E-state index in [2.05, 4.69) is 0 Å². The molecule has 14 heavy (non-hydrogen) atoms.